The summed E-state index contributed by atoms with van der Waals surface area (Å²) in [5.74, 6) is 1.40. The Morgan fingerprint density at radius 2 is 2.09 bits per heavy atom. The van der Waals surface area contributed by atoms with Crippen LogP contribution in [0.1, 0.15) is 41.4 Å². The number of hydrogen-bond donors (Lipinski definition) is 2. The second kappa shape index (κ2) is 6.95. The molecule has 7 heteroatoms. The largest absolute Gasteiger partial charge is 0.466 e. The SMILES string of the molecule is CCc1ccc(S(=O)(=O)NCC[C@@H](O)c2cc(C)oc2C)s1. The van der Waals surface area contributed by atoms with Crippen LogP contribution >= 0.6 is 11.3 Å². The van der Waals surface area contributed by atoms with Gasteiger partial charge in [0, 0.05) is 17.0 Å². The van der Waals surface area contributed by atoms with Crippen LogP contribution in [-0.2, 0) is 16.4 Å². The molecular formula is C15H21NO4S2. The highest BCUT2D eigenvalue weighted by Crippen LogP contribution is 2.24. The maximum Gasteiger partial charge on any atom is 0.250 e. The Bertz CT molecular complexity index is 731. The summed E-state index contributed by atoms with van der Waals surface area (Å²) < 4.78 is 32.5. The van der Waals surface area contributed by atoms with Gasteiger partial charge >= 0.3 is 0 Å². The second-order valence-electron chi connectivity index (χ2n) is 5.15. The molecule has 0 unspecified atom stereocenters. The molecule has 0 aliphatic carbocycles. The van der Waals surface area contributed by atoms with E-state index in [-0.39, 0.29) is 6.54 Å². The molecule has 5 nitrogen and oxygen atoms in total. The van der Waals surface area contributed by atoms with E-state index in [2.05, 4.69) is 4.72 Å². The molecule has 0 aliphatic rings. The molecule has 0 bridgehead atoms. The number of furan rings is 1. The van der Waals surface area contributed by atoms with E-state index in [9.17, 15) is 13.5 Å². The van der Waals surface area contributed by atoms with Gasteiger partial charge in [-0.25, -0.2) is 13.1 Å². The molecule has 0 spiro atoms. The van der Waals surface area contributed by atoms with Crippen LogP contribution in [0.5, 0.6) is 0 Å². The highest BCUT2D eigenvalue weighted by molar-refractivity contribution is 7.91. The van der Waals surface area contributed by atoms with Crippen LogP contribution in [0.2, 0.25) is 0 Å². The first-order chi connectivity index (χ1) is 10.3. The van der Waals surface area contributed by atoms with Crippen LogP contribution in [0.4, 0.5) is 0 Å². The summed E-state index contributed by atoms with van der Waals surface area (Å²) in [6, 6.07) is 5.22. The highest BCUT2D eigenvalue weighted by atomic mass is 32.2. The summed E-state index contributed by atoms with van der Waals surface area (Å²) in [4.78, 5) is 1.03. The molecule has 0 saturated carbocycles. The number of sulfonamides is 1. The monoisotopic (exact) mass is 343 g/mol. The molecule has 0 radical (unpaired) electrons. The van der Waals surface area contributed by atoms with Gasteiger partial charge in [-0.3, -0.25) is 0 Å². The number of aliphatic hydroxyl groups is 1. The third kappa shape index (κ3) is 3.98. The van der Waals surface area contributed by atoms with Gasteiger partial charge in [0.1, 0.15) is 15.7 Å². The smallest absolute Gasteiger partial charge is 0.250 e. The molecule has 1 atom stereocenters. The average Bonchev–Trinajstić information content (AvgIpc) is 3.05. The third-order valence-corrected chi connectivity index (χ3v) is 6.58. The van der Waals surface area contributed by atoms with Crippen molar-refractivity contribution in [1.82, 2.24) is 4.72 Å². The van der Waals surface area contributed by atoms with E-state index >= 15 is 0 Å². The minimum atomic E-state index is -3.50. The Balaban J connectivity index is 1.93. The zero-order valence-electron chi connectivity index (χ0n) is 12.9. The standard InChI is InChI=1S/C15H21NO4S2/c1-4-12-5-6-15(21-12)22(18,19)16-8-7-14(17)13-9-10(2)20-11(13)3/h5-6,9,14,16-17H,4,7-8H2,1-3H3/t14-/m1/s1. The van der Waals surface area contributed by atoms with Crippen molar-refractivity contribution in [1.29, 1.82) is 0 Å². The van der Waals surface area contributed by atoms with Crippen molar-refractivity contribution in [3.8, 4) is 0 Å². The van der Waals surface area contributed by atoms with Gasteiger partial charge in [-0.2, -0.15) is 0 Å². The number of nitrogens with one attached hydrogen (secondary N) is 1. The van der Waals surface area contributed by atoms with Gasteiger partial charge in [-0.1, -0.05) is 6.92 Å². The van der Waals surface area contributed by atoms with Gasteiger partial charge in [0.2, 0.25) is 10.0 Å². The van der Waals surface area contributed by atoms with E-state index in [0.717, 1.165) is 17.1 Å². The lowest BCUT2D eigenvalue weighted by molar-refractivity contribution is 0.167. The Morgan fingerprint density at radius 1 is 1.36 bits per heavy atom. The molecule has 0 fully saturated rings. The summed E-state index contributed by atoms with van der Waals surface area (Å²) in [6.07, 6.45) is 0.373. The predicted molar refractivity (Wildman–Crippen MR) is 86.6 cm³/mol. The van der Waals surface area contributed by atoms with Crippen molar-refractivity contribution in [2.75, 3.05) is 6.54 Å². The van der Waals surface area contributed by atoms with E-state index in [1.807, 2.05) is 19.9 Å². The summed E-state index contributed by atoms with van der Waals surface area (Å²) in [5, 5.41) is 10.1. The van der Waals surface area contributed by atoms with Crippen molar-refractivity contribution in [3.05, 3.63) is 40.2 Å². The van der Waals surface area contributed by atoms with E-state index in [1.165, 1.54) is 11.3 Å². The van der Waals surface area contributed by atoms with Crippen molar-refractivity contribution >= 4 is 21.4 Å². The number of hydrogen-bond acceptors (Lipinski definition) is 5. The maximum atomic E-state index is 12.1. The quantitative estimate of drug-likeness (QED) is 0.810. The van der Waals surface area contributed by atoms with Crippen LogP contribution < -0.4 is 4.72 Å². The minimum absolute atomic E-state index is 0.173. The molecule has 0 aliphatic heterocycles. The van der Waals surface area contributed by atoms with Gasteiger partial charge in [0.15, 0.2) is 0 Å². The van der Waals surface area contributed by atoms with E-state index in [0.29, 0.717) is 22.0 Å². The van der Waals surface area contributed by atoms with Gasteiger partial charge in [0.25, 0.3) is 0 Å². The Hall–Kier alpha value is -1.15. The molecule has 0 aromatic carbocycles. The molecule has 2 aromatic heterocycles. The summed E-state index contributed by atoms with van der Waals surface area (Å²) >= 11 is 1.27. The van der Waals surface area contributed by atoms with Crippen LogP contribution in [0.25, 0.3) is 0 Å². The number of thiophene rings is 1. The topological polar surface area (TPSA) is 79.5 Å². The Kier molecular flexibility index (Phi) is 5.44. The minimum Gasteiger partial charge on any atom is -0.466 e. The summed E-state index contributed by atoms with van der Waals surface area (Å²) in [6.45, 7) is 5.76. The zero-order valence-corrected chi connectivity index (χ0v) is 14.6. The fraction of sp³-hybridized carbons (Fsp3) is 0.467. The van der Waals surface area contributed by atoms with Crippen LogP contribution in [0, 0.1) is 13.8 Å². The fourth-order valence-corrected chi connectivity index (χ4v) is 4.62. The van der Waals surface area contributed by atoms with Gasteiger partial charge < -0.3 is 9.52 Å². The first kappa shape index (κ1) is 17.2. The van der Waals surface area contributed by atoms with Gasteiger partial charge in [0.05, 0.1) is 6.10 Å². The predicted octanol–water partition coefficient (Wildman–Crippen LogP) is 2.92. The van der Waals surface area contributed by atoms with Crippen molar-refractivity contribution in [2.24, 2.45) is 0 Å². The molecule has 22 heavy (non-hydrogen) atoms. The normalized spacial score (nSPS) is 13.5. The van der Waals surface area contributed by atoms with E-state index < -0.39 is 16.1 Å². The molecule has 2 N–H and O–H groups in total. The van der Waals surface area contributed by atoms with E-state index in [1.54, 1.807) is 19.1 Å². The van der Waals surface area contributed by atoms with E-state index in [4.69, 9.17) is 4.42 Å². The molecular weight excluding hydrogens is 322 g/mol. The average molecular weight is 343 g/mol. The van der Waals surface area contributed by atoms with Gasteiger partial charge in [-0.05, 0) is 44.9 Å². The fourth-order valence-electron chi connectivity index (χ4n) is 2.23. The first-order valence-electron chi connectivity index (χ1n) is 7.17. The van der Waals surface area contributed by atoms with Crippen LogP contribution in [0.15, 0.2) is 26.8 Å². The van der Waals surface area contributed by atoms with Crippen LogP contribution in [-0.4, -0.2) is 20.1 Å². The maximum absolute atomic E-state index is 12.1. The molecule has 122 valence electrons. The third-order valence-electron chi connectivity index (χ3n) is 3.40. The Morgan fingerprint density at radius 3 is 2.64 bits per heavy atom. The number of rotatable bonds is 7. The number of aliphatic hydroxyl groups excluding tert-OH is 1. The first-order valence-corrected chi connectivity index (χ1v) is 9.47. The van der Waals surface area contributed by atoms with Crippen molar-refractivity contribution < 1.29 is 17.9 Å². The lowest BCUT2D eigenvalue weighted by Crippen LogP contribution is -2.25. The lowest BCUT2D eigenvalue weighted by Gasteiger charge is -2.10. The second-order valence-corrected chi connectivity index (χ2v) is 8.31. The van der Waals surface area contributed by atoms with Crippen LogP contribution in [0.3, 0.4) is 0 Å². The molecule has 2 rings (SSSR count). The molecule has 2 heterocycles. The Labute approximate surface area is 135 Å². The molecule has 0 saturated heterocycles. The molecule has 2 aromatic rings. The van der Waals surface area contributed by atoms with Gasteiger partial charge in [-0.15, -0.1) is 11.3 Å². The zero-order chi connectivity index (χ0) is 16.3. The summed E-state index contributed by atoms with van der Waals surface area (Å²) in [7, 11) is -3.50. The summed E-state index contributed by atoms with van der Waals surface area (Å²) in [5.41, 5.74) is 0.709. The van der Waals surface area contributed by atoms with Crippen molar-refractivity contribution in [2.45, 2.75) is 43.9 Å². The lowest BCUT2D eigenvalue weighted by atomic mass is 10.1. The molecule has 0 amide bonds. The highest BCUT2D eigenvalue weighted by Gasteiger charge is 2.18. The number of aryl methyl sites for hydroxylation is 3. The van der Waals surface area contributed by atoms with Crippen molar-refractivity contribution in [3.63, 3.8) is 0 Å².